The standard InChI is InChI=1S/C16H25NO/c1-17(2)15-10-8-14(9-11-15)16(18)12-13-6-4-3-5-7-13/h8-11,13,16,18H,3-7,12H2,1-2H3. The van der Waals surface area contributed by atoms with Crippen LogP contribution in [-0.4, -0.2) is 19.2 Å². The zero-order valence-corrected chi connectivity index (χ0v) is 11.6. The normalized spacial score (nSPS) is 18.6. The summed E-state index contributed by atoms with van der Waals surface area (Å²) >= 11 is 0. The maximum Gasteiger partial charge on any atom is 0.0792 e. The van der Waals surface area contributed by atoms with Gasteiger partial charge in [-0.1, -0.05) is 44.2 Å². The maximum absolute atomic E-state index is 10.3. The van der Waals surface area contributed by atoms with E-state index in [1.54, 1.807) is 0 Å². The Balaban J connectivity index is 1.93. The molecule has 0 spiro atoms. The molecule has 0 aliphatic heterocycles. The van der Waals surface area contributed by atoms with E-state index >= 15 is 0 Å². The third-order valence-corrected chi connectivity index (χ3v) is 4.08. The number of benzene rings is 1. The highest BCUT2D eigenvalue weighted by atomic mass is 16.3. The van der Waals surface area contributed by atoms with Crippen LogP contribution in [0.4, 0.5) is 5.69 Å². The molecule has 0 bridgehead atoms. The van der Waals surface area contributed by atoms with Crippen LogP contribution in [0.25, 0.3) is 0 Å². The summed E-state index contributed by atoms with van der Waals surface area (Å²) in [6.45, 7) is 0. The summed E-state index contributed by atoms with van der Waals surface area (Å²) in [5.41, 5.74) is 2.25. The molecule has 0 saturated heterocycles. The zero-order chi connectivity index (χ0) is 13.0. The van der Waals surface area contributed by atoms with Crippen molar-refractivity contribution in [2.24, 2.45) is 5.92 Å². The van der Waals surface area contributed by atoms with Crippen LogP contribution < -0.4 is 4.90 Å². The number of nitrogens with zero attached hydrogens (tertiary/aromatic N) is 1. The molecule has 18 heavy (non-hydrogen) atoms. The molecule has 1 unspecified atom stereocenters. The zero-order valence-electron chi connectivity index (χ0n) is 11.6. The molecule has 1 aliphatic rings. The SMILES string of the molecule is CN(C)c1ccc(C(O)CC2CCCCC2)cc1. The number of aliphatic hydroxyl groups is 1. The van der Waals surface area contributed by atoms with E-state index < -0.39 is 0 Å². The van der Waals surface area contributed by atoms with Crippen LogP contribution in [0.5, 0.6) is 0 Å². The molecule has 1 aromatic carbocycles. The van der Waals surface area contributed by atoms with Crippen LogP contribution in [0, 0.1) is 5.92 Å². The molecule has 2 heteroatoms. The lowest BCUT2D eigenvalue weighted by Gasteiger charge is -2.24. The fourth-order valence-corrected chi connectivity index (χ4v) is 2.87. The molecule has 0 aromatic heterocycles. The summed E-state index contributed by atoms with van der Waals surface area (Å²) < 4.78 is 0. The van der Waals surface area contributed by atoms with Gasteiger partial charge in [-0.2, -0.15) is 0 Å². The topological polar surface area (TPSA) is 23.5 Å². The van der Waals surface area contributed by atoms with Crippen molar-refractivity contribution in [1.29, 1.82) is 0 Å². The average Bonchev–Trinajstić information content (AvgIpc) is 2.40. The quantitative estimate of drug-likeness (QED) is 0.875. The highest BCUT2D eigenvalue weighted by Gasteiger charge is 2.18. The molecule has 1 saturated carbocycles. The number of rotatable bonds is 4. The summed E-state index contributed by atoms with van der Waals surface area (Å²) in [6.07, 6.45) is 7.31. The van der Waals surface area contributed by atoms with Gasteiger partial charge in [-0.3, -0.25) is 0 Å². The van der Waals surface area contributed by atoms with Crippen LogP contribution in [0.2, 0.25) is 0 Å². The van der Waals surface area contributed by atoms with E-state index in [9.17, 15) is 5.11 Å². The third-order valence-electron chi connectivity index (χ3n) is 4.08. The van der Waals surface area contributed by atoms with Crippen LogP contribution in [0.1, 0.15) is 50.2 Å². The van der Waals surface area contributed by atoms with Crippen LogP contribution >= 0.6 is 0 Å². The molecule has 2 rings (SSSR count). The van der Waals surface area contributed by atoms with Crippen molar-refractivity contribution in [1.82, 2.24) is 0 Å². The number of aliphatic hydroxyl groups excluding tert-OH is 1. The van der Waals surface area contributed by atoms with Gasteiger partial charge in [0.2, 0.25) is 0 Å². The van der Waals surface area contributed by atoms with E-state index in [1.807, 2.05) is 14.1 Å². The van der Waals surface area contributed by atoms with Gasteiger partial charge < -0.3 is 10.0 Å². The number of hydrogen-bond acceptors (Lipinski definition) is 2. The van der Waals surface area contributed by atoms with Gasteiger partial charge >= 0.3 is 0 Å². The Hall–Kier alpha value is -1.02. The van der Waals surface area contributed by atoms with Crippen LogP contribution in [-0.2, 0) is 0 Å². The maximum atomic E-state index is 10.3. The van der Waals surface area contributed by atoms with Gasteiger partial charge in [-0.05, 0) is 30.0 Å². The van der Waals surface area contributed by atoms with Gasteiger partial charge in [0.05, 0.1) is 6.10 Å². The summed E-state index contributed by atoms with van der Waals surface area (Å²) in [5.74, 6) is 0.724. The Morgan fingerprint density at radius 1 is 1.11 bits per heavy atom. The first kappa shape index (κ1) is 13.4. The fraction of sp³-hybridized carbons (Fsp3) is 0.625. The highest BCUT2D eigenvalue weighted by Crippen LogP contribution is 2.32. The second kappa shape index (κ2) is 6.24. The summed E-state index contributed by atoms with van der Waals surface area (Å²) in [5, 5.41) is 10.3. The summed E-state index contributed by atoms with van der Waals surface area (Å²) in [7, 11) is 4.07. The number of hydrogen-bond donors (Lipinski definition) is 1. The molecule has 0 radical (unpaired) electrons. The first-order valence-corrected chi connectivity index (χ1v) is 7.12. The van der Waals surface area contributed by atoms with Gasteiger partial charge in [0.25, 0.3) is 0 Å². The molecule has 2 nitrogen and oxygen atoms in total. The van der Waals surface area contributed by atoms with Crippen molar-refractivity contribution in [2.45, 2.75) is 44.6 Å². The molecule has 0 amide bonds. The predicted molar refractivity (Wildman–Crippen MR) is 76.9 cm³/mol. The highest BCUT2D eigenvalue weighted by molar-refractivity contribution is 5.46. The van der Waals surface area contributed by atoms with Crippen molar-refractivity contribution in [3.63, 3.8) is 0 Å². The van der Waals surface area contributed by atoms with E-state index in [1.165, 1.54) is 37.8 Å². The lowest BCUT2D eigenvalue weighted by atomic mass is 9.84. The summed E-state index contributed by atoms with van der Waals surface area (Å²) in [4.78, 5) is 2.08. The first-order valence-electron chi connectivity index (χ1n) is 7.12. The molecule has 0 heterocycles. The third kappa shape index (κ3) is 3.49. The second-order valence-electron chi connectivity index (χ2n) is 5.74. The Morgan fingerprint density at radius 3 is 2.28 bits per heavy atom. The van der Waals surface area contributed by atoms with E-state index in [0.29, 0.717) is 0 Å². The van der Waals surface area contributed by atoms with Gasteiger partial charge in [0.1, 0.15) is 0 Å². The minimum atomic E-state index is -0.288. The van der Waals surface area contributed by atoms with E-state index in [-0.39, 0.29) is 6.10 Å². The monoisotopic (exact) mass is 247 g/mol. The molecule has 1 fully saturated rings. The van der Waals surface area contributed by atoms with Gasteiger partial charge in [0, 0.05) is 19.8 Å². The van der Waals surface area contributed by atoms with Crippen molar-refractivity contribution >= 4 is 5.69 Å². The van der Waals surface area contributed by atoms with E-state index in [4.69, 9.17) is 0 Å². The van der Waals surface area contributed by atoms with E-state index in [0.717, 1.165) is 17.9 Å². The average molecular weight is 247 g/mol. The van der Waals surface area contributed by atoms with Gasteiger partial charge in [-0.15, -0.1) is 0 Å². The Labute approximate surface area is 111 Å². The van der Waals surface area contributed by atoms with Crippen molar-refractivity contribution < 1.29 is 5.11 Å². The van der Waals surface area contributed by atoms with Crippen molar-refractivity contribution in [2.75, 3.05) is 19.0 Å². The Kier molecular flexibility index (Phi) is 4.65. The lowest BCUT2D eigenvalue weighted by molar-refractivity contribution is 0.131. The van der Waals surface area contributed by atoms with Gasteiger partial charge in [-0.25, -0.2) is 0 Å². The lowest BCUT2D eigenvalue weighted by Crippen LogP contribution is -2.12. The minimum Gasteiger partial charge on any atom is -0.388 e. The Bertz CT molecular complexity index is 352. The predicted octanol–water partition coefficient (Wildman–Crippen LogP) is 3.76. The second-order valence-corrected chi connectivity index (χ2v) is 5.74. The number of anilines is 1. The first-order chi connectivity index (χ1) is 8.66. The summed E-state index contributed by atoms with van der Waals surface area (Å²) in [6, 6.07) is 8.28. The van der Waals surface area contributed by atoms with Gasteiger partial charge in [0.15, 0.2) is 0 Å². The smallest absolute Gasteiger partial charge is 0.0792 e. The Morgan fingerprint density at radius 2 is 1.72 bits per heavy atom. The van der Waals surface area contributed by atoms with Crippen LogP contribution in [0.3, 0.4) is 0 Å². The van der Waals surface area contributed by atoms with Crippen LogP contribution in [0.15, 0.2) is 24.3 Å². The molecule has 1 aromatic rings. The molecular weight excluding hydrogens is 222 g/mol. The molecule has 1 aliphatic carbocycles. The molecule has 1 N–H and O–H groups in total. The van der Waals surface area contributed by atoms with Crippen molar-refractivity contribution in [3.05, 3.63) is 29.8 Å². The minimum absolute atomic E-state index is 0.288. The molecule has 1 atom stereocenters. The van der Waals surface area contributed by atoms with E-state index in [2.05, 4.69) is 29.2 Å². The van der Waals surface area contributed by atoms with Crippen molar-refractivity contribution in [3.8, 4) is 0 Å². The molecule has 100 valence electrons. The fourth-order valence-electron chi connectivity index (χ4n) is 2.87. The largest absolute Gasteiger partial charge is 0.388 e. The molecular formula is C16H25NO.